The number of hydrogen-bond donors (Lipinski definition) is 0. The molecule has 0 aliphatic heterocycles. The average Bonchev–Trinajstić information content (AvgIpc) is 2.69. The fraction of sp³-hybridized carbons (Fsp3) is 0.304. The van der Waals surface area contributed by atoms with E-state index in [1.54, 1.807) is 13.3 Å². The number of nitrogens with zero attached hydrogens (tertiary/aromatic N) is 1. The summed E-state index contributed by atoms with van der Waals surface area (Å²) in [5, 5.41) is 2.25. The Labute approximate surface area is 170 Å². The van der Waals surface area contributed by atoms with Crippen molar-refractivity contribution in [2.75, 3.05) is 13.7 Å². The monoisotopic (exact) mass is 395 g/mol. The molecule has 0 saturated carbocycles. The maximum Gasteiger partial charge on any atom is 0.321 e. The highest BCUT2D eigenvalue weighted by atomic mass is 32.2. The lowest BCUT2D eigenvalue weighted by Gasteiger charge is -2.23. The van der Waals surface area contributed by atoms with Crippen LogP contribution in [0, 0.1) is 0 Å². The molecule has 3 aromatic rings. The highest BCUT2D eigenvalue weighted by molar-refractivity contribution is 8.01. The van der Waals surface area contributed by atoms with Gasteiger partial charge in [-0.15, -0.1) is 11.8 Å². The number of ether oxygens (including phenoxy) is 2. The molecule has 2 aromatic carbocycles. The lowest BCUT2D eigenvalue weighted by atomic mass is 9.98. The Balaban J connectivity index is 1.95. The first-order valence-electron chi connectivity index (χ1n) is 9.30. The summed E-state index contributed by atoms with van der Waals surface area (Å²) < 4.78 is 10.1. The average molecular weight is 396 g/mol. The standard InChI is InChI=1S/C23H25NO3S/c1-5-27-22(25)23(2,3)28-21-12-13-24-15-17(21)14-16-10-11-20(26-4)19-9-7-6-8-18(16)19/h6-13,15H,5,14H2,1-4H3. The van der Waals surface area contributed by atoms with Crippen molar-refractivity contribution < 1.29 is 14.3 Å². The highest BCUT2D eigenvalue weighted by Crippen LogP contribution is 2.37. The summed E-state index contributed by atoms with van der Waals surface area (Å²) in [6.45, 7) is 5.99. The minimum absolute atomic E-state index is 0.211. The second-order valence-electron chi connectivity index (χ2n) is 6.97. The smallest absolute Gasteiger partial charge is 0.321 e. The van der Waals surface area contributed by atoms with Gasteiger partial charge in [-0.1, -0.05) is 30.3 Å². The molecule has 0 amide bonds. The molecule has 3 rings (SSSR count). The van der Waals surface area contributed by atoms with Crippen LogP contribution in [-0.4, -0.2) is 29.4 Å². The van der Waals surface area contributed by atoms with Crippen LogP contribution < -0.4 is 4.74 Å². The van der Waals surface area contributed by atoms with E-state index in [1.807, 2.05) is 51.2 Å². The van der Waals surface area contributed by atoms with Crippen molar-refractivity contribution in [1.29, 1.82) is 0 Å². The summed E-state index contributed by atoms with van der Waals surface area (Å²) in [5.41, 5.74) is 2.28. The molecular formula is C23H25NO3S. The minimum Gasteiger partial charge on any atom is -0.496 e. The van der Waals surface area contributed by atoms with E-state index >= 15 is 0 Å². The van der Waals surface area contributed by atoms with E-state index in [-0.39, 0.29) is 5.97 Å². The van der Waals surface area contributed by atoms with Crippen LogP contribution in [-0.2, 0) is 16.0 Å². The second-order valence-corrected chi connectivity index (χ2v) is 8.63. The summed E-state index contributed by atoms with van der Waals surface area (Å²) in [6.07, 6.45) is 4.36. The van der Waals surface area contributed by atoms with E-state index in [4.69, 9.17) is 9.47 Å². The lowest BCUT2D eigenvalue weighted by molar-refractivity contribution is -0.145. The molecule has 146 valence electrons. The van der Waals surface area contributed by atoms with Crippen LogP contribution >= 0.6 is 11.8 Å². The molecule has 0 bridgehead atoms. The number of benzene rings is 2. The normalized spacial score (nSPS) is 11.4. The fourth-order valence-electron chi connectivity index (χ4n) is 3.14. The Morgan fingerprint density at radius 2 is 1.82 bits per heavy atom. The first-order valence-corrected chi connectivity index (χ1v) is 10.1. The molecule has 5 heteroatoms. The number of pyridine rings is 1. The maximum absolute atomic E-state index is 12.3. The second kappa shape index (κ2) is 8.65. The fourth-order valence-corrected chi connectivity index (χ4v) is 4.22. The Bertz CT molecular complexity index is 984. The summed E-state index contributed by atoms with van der Waals surface area (Å²) in [5.74, 6) is 0.654. The van der Waals surface area contributed by atoms with Crippen molar-refractivity contribution in [2.24, 2.45) is 0 Å². The van der Waals surface area contributed by atoms with Gasteiger partial charge in [0, 0.05) is 29.1 Å². The summed E-state index contributed by atoms with van der Waals surface area (Å²) in [4.78, 5) is 17.7. The Morgan fingerprint density at radius 3 is 2.54 bits per heavy atom. The summed E-state index contributed by atoms with van der Waals surface area (Å²) in [7, 11) is 1.69. The molecule has 1 heterocycles. The van der Waals surface area contributed by atoms with Gasteiger partial charge < -0.3 is 9.47 Å². The Kier molecular flexibility index (Phi) is 6.25. The Hall–Kier alpha value is -2.53. The van der Waals surface area contributed by atoms with Gasteiger partial charge in [0.15, 0.2) is 0 Å². The van der Waals surface area contributed by atoms with Crippen molar-refractivity contribution in [3.8, 4) is 5.75 Å². The molecule has 0 radical (unpaired) electrons. The van der Waals surface area contributed by atoms with Crippen molar-refractivity contribution in [3.63, 3.8) is 0 Å². The zero-order valence-electron chi connectivity index (χ0n) is 16.7. The van der Waals surface area contributed by atoms with Crippen molar-refractivity contribution in [3.05, 3.63) is 66.0 Å². The molecule has 0 unspecified atom stereocenters. The third-order valence-electron chi connectivity index (χ3n) is 4.57. The number of rotatable bonds is 7. The van der Waals surface area contributed by atoms with Gasteiger partial charge in [0.1, 0.15) is 10.5 Å². The minimum atomic E-state index is -0.673. The quantitative estimate of drug-likeness (QED) is 0.403. The molecular weight excluding hydrogens is 370 g/mol. The van der Waals surface area contributed by atoms with Gasteiger partial charge in [0.2, 0.25) is 0 Å². The van der Waals surface area contributed by atoms with Crippen molar-refractivity contribution in [1.82, 2.24) is 4.98 Å². The van der Waals surface area contributed by atoms with E-state index in [0.717, 1.165) is 33.4 Å². The van der Waals surface area contributed by atoms with Gasteiger partial charge in [-0.05, 0) is 49.4 Å². The SMILES string of the molecule is CCOC(=O)C(C)(C)Sc1ccncc1Cc1ccc(OC)c2ccccc12. The lowest BCUT2D eigenvalue weighted by Crippen LogP contribution is -2.30. The number of carbonyl (C=O) groups is 1. The maximum atomic E-state index is 12.3. The van der Waals surface area contributed by atoms with Crippen molar-refractivity contribution in [2.45, 2.75) is 36.8 Å². The number of thioether (sulfide) groups is 1. The van der Waals surface area contributed by atoms with E-state index in [1.165, 1.54) is 17.3 Å². The molecule has 0 fully saturated rings. The van der Waals surface area contributed by atoms with E-state index < -0.39 is 4.75 Å². The summed E-state index contributed by atoms with van der Waals surface area (Å²) >= 11 is 1.51. The summed E-state index contributed by atoms with van der Waals surface area (Å²) in [6, 6.07) is 14.3. The third kappa shape index (κ3) is 4.30. The number of aromatic nitrogens is 1. The predicted octanol–water partition coefficient (Wildman–Crippen LogP) is 5.27. The van der Waals surface area contributed by atoms with Crippen LogP contribution in [0.2, 0.25) is 0 Å². The van der Waals surface area contributed by atoms with E-state index in [9.17, 15) is 4.79 Å². The molecule has 28 heavy (non-hydrogen) atoms. The number of hydrogen-bond acceptors (Lipinski definition) is 5. The van der Waals surface area contributed by atoms with E-state index in [2.05, 4.69) is 23.2 Å². The predicted molar refractivity (Wildman–Crippen MR) is 114 cm³/mol. The van der Waals surface area contributed by atoms with E-state index in [0.29, 0.717) is 6.61 Å². The van der Waals surface area contributed by atoms with Gasteiger partial charge in [0.05, 0.1) is 13.7 Å². The Morgan fingerprint density at radius 1 is 1.07 bits per heavy atom. The molecule has 0 atom stereocenters. The molecule has 0 saturated heterocycles. The van der Waals surface area contributed by atoms with Crippen LogP contribution in [0.1, 0.15) is 31.9 Å². The van der Waals surface area contributed by atoms with Gasteiger partial charge >= 0.3 is 5.97 Å². The first kappa shape index (κ1) is 20.2. The third-order valence-corrected chi connectivity index (χ3v) is 5.86. The molecule has 0 N–H and O–H groups in total. The zero-order valence-corrected chi connectivity index (χ0v) is 17.5. The van der Waals surface area contributed by atoms with Crippen LogP contribution in [0.25, 0.3) is 10.8 Å². The van der Waals surface area contributed by atoms with Crippen LogP contribution in [0.15, 0.2) is 59.8 Å². The van der Waals surface area contributed by atoms with Gasteiger partial charge in [-0.3, -0.25) is 9.78 Å². The largest absolute Gasteiger partial charge is 0.496 e. The van der Waals surface area contributed by atoms with Crippen molar-refractivity contribution >= 4 is 28.5 Å². The van der Waals surface area contributed by atoms with Crippen LogP contribution in [0.4, 0.5) is 0 Å². The van der Waals surface area contributed by atoms with Crippen LogP contribution in [0.5, 0.6) is 5.75 Å². The highest BCUT2D eigenvalue weighted by Gasteiger charge is 2.31. The number of fused-ring (bicyclic) bond motifs is 1. The van der Waals surface area contributed by atoms with Gasteiger partial charge in [-0.2, -0.15) is 0 Å². The number of methoxy groups -OCH3 is 1. The molecule has 4 nitrogen and oxygen atoms in total. The molecule has 0 aliphatic carbocycles. The molecule has 1 aromatic heterocycles. The van der Waals surface area contributed by atoms with Crippen LogP contribution in [0.3, 0.4) is 0 Å². The van der Waals surface area contributed by atoms with Gasteiger partial charge in [0.25, 0.3) is 0 Å². The molecule has 0 aliphatic rings. The zero-order chi connectivity index (χ0) is 20.1. The molecule has 0 spiro atoms. The number of esters is 1. The topological polar surface area (TPSA) is 48.4 Å². The first-order chi connectivity index (χ1) is 13.5. The number of carbonyl (C=O) groups excluding carboxylic acids is 1. The van der Waals surface area contributed by atoms with Gasteiger partial charge in [-0.25, -0.2) is 0 Å².